The average molecular weight is 274 g/mol. The summed E-state index contributed by atoms with van der Waals surface area (Å²) >= 11 is 0. The van der Waals surface area contributed by atoms with E-state index >= 15 is 0 Å². The third-order valence-electron chi connectivity index (χ3n) is 4.21. The summed E-state index contributed by atoms with van der Waals surface area (Å²) in [5.74, 6) is 0.0843. The predicted molar refractivity (Wildman–Crippen MR) is 82.1 cm³/mol. The molecule has 1 aromatic rings. The number of likely N-dealkylation sites (N-methyl/N-ethyl adjacent to an activating group) is 1. The van der Waals surface area contributed by atoms with Crippen molar-refractivity contribution in [2.75, 3.05) is 49.2 Å². The van der Waals surface area contributed by atoms with E-state index in [4.69, 9.17) is 5.73 Å². The Balaban J connectivity index is 1.88. The number of nitrogens with zero attached hydrogens (tertiary/aromatic N) is 2. The van der Waals surface area contributed by atoms with Gasteiger partial charge in [-0.2, -0.15) is 0 Å². The molecule has 3 rings (SSSR count). The van der Waals surface area contributed by atoms with Crippen LogP contribution in [0.2, 0.25) is 0 Å². The van der Waals surface area contributed by atoms with Crippen molar-refractivity contribution in [3.05, 3.63) is 17.7 Å². The topological polar surface area (TPSA) is 61.6 Å². The number of nitrogen functional groups attached to an aromatic ring is 1. The first-order valence-electron chi connectivity index (χ1n) is 7.29. The first-order valence-corrected chi connectivity index (χ1v) is 7.29. The fraction of sp³-hybridized carbons (Fsp3) is 0.533. The molecule has 108 valence electrons. The Labute approximate surface area is 119 Å². The molecule has 1 aromatic carbocycles. The van der Waals surface area contributed by atoms with Gasteiger partial charge in [0.05, 0.1) is 11.4 Å². The van der Waals surface area contributed by atoms with Gasteiger partial charge < -0.3 is 20.9 Å². The lowest BCUT2D eigenvalue weighted by molar-refractivity contribution is -0.116. The lowest BCUT2D eigenvalue weighted by Gasteiger charge is -2.27. The van der Waals surface area contributed by atoms with Crippen LogP contribution in [0.4, 0.5) is 17.1 Å². The Kier molecular flexibility index (Phi) is 3.53. The van der Waals surface area contributed by atoms with Crippen molar-refractivity contribution >= 4 is 23.0 Å². The Morgan fingerprint density at radius 3 is 2.85 bits per heavy atom. The highest BCUT2D eigenvalue weighted by molar-refractivity contribution is 5.95. The van der Waals surface area contributed by atoms with Crippen molar-refractivity contribution < 1.29 is 4.79 Å². The van der Waals surface area contributed by atoms with E-state index in [1.54, 1.807) is 0 Å². The van der Waals surface area contributed by atoms with Crippen LogP contribution in [0.25, 0.3) is 0 Å². The molecule has 1 amide bonds. The summed E-state index contributed by atoms with van der Waals surface area (Å²) in [6.45, 7) is 4.25. The van der Waals surface area contributed by atoms with Crippen LogP contribution in [0.5, 0.6) is 0 Å². The number of rotatable bonds is 1. The van der Waals surface area contributed by atoms with Crippen LogP contribution in [0, 0.1) is 0 Å². The van der Waals surface area contributed by atoms with Crippen LogP contribution >= 0.6 is 0 Å². The van der Waals surface area contributed by atoms with Gasteiger partial charge in [0, 0.05) is 31.7 Å². The van der Waals surface area contributed by atoms with Crippen LogP contribution < -0.4 is 16.0 Å². The summed E-state index contributed by atoms with van der Waals surface area (Å²) < 4.78 is 0. The lowest BCUT2D eigenvalue weighted by Crippen LogP contribution is -2.29. The molecule has 0 spiro atoms. The lowest BCUT2D eigenvalue weighted by atomic mass is 10.0. The number of hydrogen-bond acceptors (Lipinski definition) is 4. The van der Waals surface area contributed by atoms with E-state index < -0.39 is 0 Å². The molecule has 1 fully saturated rings. The molecule has 1 saturated heterocycles. The van der Waals surface area contributed by atoms with E-state index in [9.17, 15) is 4.79 Å². The number of nitrogens with two attached hydrogens (primary N) is 1. The first kappa shape index (κ1) is 13.2. The van der Waals surface area contributed by atoms with Crippen LogP contribution in [-0.2, 0) is 11.2 Å². The minimum Gasteiger partial charge on any atom is -0.397 e. The van der Waals surface area contributed by atoms with Gasteiger partial charge in [-0.15, -0.1) is 0 Å². The number of carbonyl (C=O) groups is 1. The second-order valence-corrected chi connectivity index (χ2v) is 5.76. The molecular weight excluding hydrogens is 252 g/mol. The highest BCUT2D eigenvalue weighted by Gasteiger charge is 2.20. The number of fused-ring (bicyclic) bond motifs is 1. The molecule has 0 atom stereocenters. The van der Waals surface area contributed by atoms with E-state index in [1.807, 2.05) is 6.07 Å². The largest absolute Gasteiger partial charge is 0.397 e. The molecule has 2 aliphatic heterocycles. The van der Waals surface area contributed by atoms with Gasteiger partial charge in [0.25, 0.3) is 0 Å². The van der Waals surface area contributed by atoms with E-state index in [1.165, 1.54) is 5.56 Å². The minimum atomic E-state index is 0.0843. The number of anilines is 3. The molecule has 0 saturated carbocycles. The van der Waals surface area contributed by atoms with Gasteiger partial charge in [0.15, 0.2) is 0 Å². The van der Waals surface area contributed by atoms with Crippen molar-refractivity contribution in [1.29, 1.82) is 0 Å². The molecule has 0 radical (unpaired) electrons. The number of hydrogen-bond donors (Lipinski definition) is 2. The van der Waals surface area contributed by atoms with Crippen molar-refractivity contribution in [2.24, 2.45) is 0 Å². The maximum atomic E-state index is 11.4. The Hall–Kier alpha value is -1.75. The summed E-state index contributed by atoms with van der Waals surface area (Å²) in [6, 6.07) is 4.08. The highest BCUT2D eigenvalue weighted by atomic mass is 16.1. The van der Waals surface area contributed by atoms with E-state index in [0.29, 0.717) is 6.42 Å². The molecule has 0 unspecified atom stereocenters. The fourth-order valence-electron chi connectivity index (χ4n) is 2.99. The zero-order valence-electron chi connectivity index (χ0n) is 12.0. The van der Waals surface area contributed by atoms with Gasteiger partial charge in [0.1, 0.15) is 0 Å². The highest BCUT2D eigenvalue weighted by Crippen LogP contribution is 2.33. The number of amides is 1. The number of nitrogens with one attached hydrogen (secondary N) is 1. The van der Waals surface area contributed by atoms with Gasteiger partial charge in [-0.25, -0.2) is 0 Å². The second kappa shape index (κ2) is 5.32. The maximum absolute atomic E-state index is 11.4. The molecule has 2 aliphatic rings. The van der Waals surface area contributed by atoms with Gasteiger partial charge in [-0.05, 0) is 44.1 Å². The Morgan fingerprint density at radius 2 is 2.00 bits per heavy atom. The fourth-order valence-corrected chi connectivity index (χ4v) is 2.99. The van der Waals surface area contributed by atoms with Crippen molar-refractivity contribution in [2.45, 2.75) is 19.3 Å². The monoisotopic (exact) mass is 274 g/mol. The standard InChI is InChI=1S/C15H22N4O/c1-18-5-2-6-19(8-7-18)14-9-11-3-4-15(20)17-13(11)10-12(14)16/h9-10H,2-8,16H2,1H3,(H,17,20). The Bertz CT molecular complexity index is 529. The summed E-state index contributed by atoms with van der Waals surface area (Å²) in [7, 11) is 2.16. The SMILES string of the molecule is CN1CCCN(c2cc3c(cc2N)NC(=O)CC3)CC1. The normalized spacial score (nSPS) is 20.2. The van der Waals surface area contributed by atoms with Crippen molar-refractivity contribution in [1.82, 2.24) is 4.90 Å². The Morgan fingerprint density at radius 1 is 1.15 bits per heavy atom. The molecule has 2 heterocycles. The predicted octanol–water partition coefficient (Wildman–Crippen LogP) is 1.30. The van der Waals surface area contributed by atoms with Crippen LogP contribution in [0.1, 0.15) is 18.4 Å². The molecule has 0 aromatic heterocycles. The number of benzene rings is 1. The van der Waals surface area contributed by atoms with Gasteiger partial charge in [-0.1, -0.05) is 0 Å². The second-order valence-electron chi connectivity index (χ2n) is 5.76. The quantitative estimate of drug-likeness (QED) is 0.758. The number of aryl methyl sites for hydroxylation is 1. The van der Waals surface area contributed by atoms with E-state index in [0.717, 1.165) is 56.1 Å². The molecule has 20 heavy (non-hydrogen) atoms. The maximum Gasteiger partial charge on any atom is 0.224 e. The van der Waals surface area contributed by atoms with Gasteiger partial charge in [-0.3, -0.25) is 4.79 Å². The summed E-state index contributed by atoms with van der Waals surface area (Å²) in [4.78, 5) is 16.2. The van der Waals surface area contributed by atoms with E-state index in [2.05, 4.69) is 28.2 Å². The van der Waals surface area contributed by atoms with Crippen LogP contribution in [0.15, 0.2) is 12.1 Å². The van der Waals surface area contributed by atoms with Crippen LogP contribution in [0.3, 0.4) is 0 Å². The smallest absolute Gasteiger partial charge is 0.224 e. The molecule has 5 heteroatoms. The van der Waals surface area contributed by atoms with Gasteiger partial charge in [0.2, 0.25) is 5.91 Å². The zero-order valence-corrected chi connectivity index (χ0v) is 12.0. The van der Waals surface area contributed by atoms with Crippen LogP contribution in [-0.4, -0.2) is 44.0 Å². The zero-order chi connectivity index (χ0) is 14.1. The van der Waals surface area contributed by atoms with Crippen molar-refractivity contribution in [3.8, 4) is 0 Å². The van der Waals surface area contributed by atoms with Crippen molar-refractivity contribution in [3.63, 3.8) is 0 Å². The number of carbonyl (C=O) groups excluding carboxylic acids is 1. The molecule has 5 nitrogen and oxygen atoms in total. The summed E-state index contributed by atoms with van der Waals surface area (Å²) in [5, 5.41) is 2.90. The first-order chi connectivity index (χ1) is 9.63. The van der Waals surface area contributed by atoms with E-state index in [-0.39, 0.29) is 5.91 Å². The molecule has 0 aliphatic carbocycles. The molecule has 3 N–H and O–H groups in total. The summed E-state index contributed by atoms with van der Waals surface area (Å²) in [5.41, 5.74) is 10.2. The third-order valence-corrected chi connectivity index (χ3v) is 4.21. The summed E-state index contributed by atoms with van der Waals surface area (Å²) in [6.07, 6.45) is 2.53. The van der Waals surface area contributed by atoms with Gasteiger partial charge >= 0.3 is 0 Å². The minimum absolute atomic E-state index is 0.0843. The third kappa shape index (κ3) is 2.58. The average Bonchev–Trinajstić information content (AvgIpc) is 2.63. The molecular formula is C15H22N4O. The molecule has 0 bridgehead atoms.